The molecule has 0 radical (unpaired) electrons. The second-order valence-electron chi connectivity index (χ2n) is 5.36. The molecule has 2 rings (SSSR count). The van der Waals surface area contributed by atoms with E-state index in [-0.39, 0.29) is 5.82 Å². The Morgan fingerprint density at radius 1 is 1.40 bits per heavy atom. The second-order valence-corrected chi connectivity index (χ2v) is 5.36. The third-order valence-corrected chi connectivity index (χ3v) is 3.63. The zero-order valence-corrected chi connectivity index (χ0v) is 12.2. The van der Waals surface area contributed by atoms with Crippen LogP contribution in [0, 0.1) is 17.7 Å². The quantitative estimate of drug-likeness (QED) is 0.808. The van der Waals surface area contributed by atoms with E-state index in [1.165, 1.54) is 37.8 Å². The molecule has 1 aromatic carbocycles. The van der Waals surface area contributed by atoms with E-state index in [4.69, 9.17) is 5.73 Å². The Balaban J connectivity index is 2.13. The molecule has 0 amide bonds. The van der Waals surface area contributed by atoms with Gasteiger partial charge in [-0.15, -0.1) is 0 Å². The summed E-state index contributed by atoms with van der Waals surface area (Å²) in [6.07, 6.45) is 4.98. The maximum atomic E-state index is 13.4. The number of unbranched alkanes of at least 4 members (excludes halogenated alkanes) is 1. The van der Waals surface area contributed by atoms with Crippen LogP contribution in [0.15, 0.2) is 18.2 Å². The molecule has 1 saturated carbocycles. The molecule has 0 aliphatic heterocycles. The molecule has 1 aliphatic carbocycles. The van der Waals surface area contributed by atoms with Crippen LogP contribution in [0.1, 0.15) is 43.7 Å². The van der Waals surface area contributed by atoms with Gasteiger partial charge in [-0.2, -0.15) is 0 Å². The highest BCUT2D eigenvalue weighted by atomic mass is 19.1. The summed E-state index contributed by atoms with van der Waals surface area (Å²) in [4.78, 5) is 2.50. The van der Waals surface area contributed by atoms with Gasteiger partial charge in [0.1, 0.15) is 5.82 Å². The SMILES string of the molecule is CCCCN(Cc1ccc(F)cc1C#CCN)C1CC1. The summed E-state index contributed by atoms with van der Waals surface area (Å²) in [5.74, 6) is 5.58. The van der Waals surface area contributed by atoms with Crippen LogP contribution < -0.4 is 5.73 Å². The molecule has 0 saturated heterocycles. The van der Waals surface area contributed by atoms with Crippen molar-refractivity contribution in [3.8, 4) is 11.8 Å². The molecule has 3 heteroatoms. The van der Waals surface area contributed by atoms with Crippen molar-refractivity contribution in [1.82, 2.24) is 4.90 Å². The first-order valence-electron chi connectivity index (χ1n) is 7.46. The predicted octanol–water partition coefficient (Wildman–Crippen LogP) is 2.90. The molecule has 1 aromatic rings. The minimum Gasteiger partial charge on any atom is -0.320 e. The van der Waals surface area contributed by atoms with Gasteiger partial charge >= 0.3 is 0 Å². The zero-order valence-electron chi connectivity index (χ0n) is 12.2. The number of benzene rings is 1. The van der Waals surface area contributed by atoms with Gasteiger partial charge in [-0.25, -0.2) is 4.39 Å². The molecular formula is C17H23FN2. The third-order valence-electron chi connectivity index (χ3n) is 3.63. The van der Waals surface area contributed by atoms with Gasteiger partial charge in [0.25, 0.3) is 0 Å². The zero-order chi connectivity index (χ0) is 14.4. The van der Waals surface area contributed by atoms with Crippen molar-refractivity contribution in [3.63, 3.8) is 0 Å². The van der Waals surface area contributed by atoms with E-state index in [1.807, 2.05) is 6.07 Å². The lowest BCUT2D eigenvalue weighted by Gasteiger charge is -2.22. The van der Waals surface area contributed by atoms with Gasteiger partial charge in [0.05, 0.1) is 6.54 Å². The van der Waals surface area contributed by atoms with E-state index in [0.717, 1.165) is 24.2 Å². The van der Waals surface area contributed by atoms with Crippen molar-refractivity contribution in [3.05, 3.63) is 35.1 Å². The summed E-state index contributed by atoms with van der Waals surface area (Å²) in [5.41, 5.74) is 7.29. The van der Waals surface area contributed by atoms with Crippen molar-refractivity contribution in [2.45, 2.75) is 45.2 Å². The van der Waals surface area contributed by atoms with Gasteiger partial charge in [-0.1, -0.05) is 31.3 Å². The average molecular weight is 274 g/mol. The summed E-state index contributed by atoms with van der Waals surface area (Å²) in [7, 11) is 0. The van der Waals surface area contributed by atoms with Crippen LogP contribution in [0.4, 0.5) is 4.39 Å². The monoisotopic (exact) mass is 274 g/mol. The van der Waals surface area contributed by atoms with Crippen molar-refractivity contribution >= 4 is 0 Å². The summed E-state index contributed by atoms with van der Waals surface area (Å²) >= 11 is 0. The fourth-order valence-corrected chi connectivity index (χ4v) is 2.36. The molecule has 0 atom stereocenters. The van der Waals surface area contributed by atoms with E-state index in [0.29, 0.717) is 12.6 Å². The highest BCUT2D eigenvalue weighted by Crippen LogP contribution is 2.29. The molecule has 0 unspecified atom stereocenters. The van der Waals surface area contributed by atoms with Crippen molar-refractivity contribution in [2.75, 3.05) is 13.1 Å². The molecule has 1 aliphatic rings. The molecule has 0 aromatic heterocycles. The summed E-state index contributed by atoms with van der Waals surface area (Å²) < 4.78 is 13.4. The van der Waals surface area contributed by atoms with E-state index in [2.05, 4.69) is 23.7 Å². The molecular weight excluding hydrogens is 251 g/mol. The lowest BCUT2D eigenvalue weighted by Crippen LogP contribution is -2.27. The molecule has 0 bridgehead atoms. The summed E-state index contributed by atoms with van der Waals surface area (Å²) in [6.45, 7) is 4.49. The largest absolute Gasteiger partial charge is 0.320 e. The lowest BCUT2D eigenvalue weighted by atomic mass is 10.1. The Morgan fingerprint density at radius 2 is 2.20 bits per heavy atom. The average Bonchev–Trinajstić information content (AvgIpc) is 3.27. The summed E-state index contributed by atoms with van der Waals surface area (Å²) in [6, 6.07) is 5.61. The number of rotatable bonds is 6. The lowest BCUT2D eigenvalue weighted by molar-refractivity contribution is 0.250. The van der Waals surface area contributed by atoms with Gasteiger partial charge in [-0.05, 0) is 43.5 Å². The smallest absolute Gasteiger partial charge is 0.124 e. The van der Waals surface area contributed by atoms with E-state index in [1.54, 1.807) is 0 Å². The number of halogens is 1. The highest BCUT2D eigenvalue weighted by Gasteiger charge is 2.28. The first-order valence-corrected chi connectivity index (χ1v) is 7.46. The van der Waals surface area contributed by atoms with Gasteiger partial charge in [0, 0.05) is 18.2 Å². The first-order chi connectivity index (χ1) is 9.74. The number of nitrogens with zero attached hydrogens (tertiary/aromatic N) is 1. The van der Waals surface area contributed by atoms with Crippen molar-refractivity contribution < 1.29 is 4.39 Å². The standard InChI is InChI=1S/C17H23FN2/c1-2-3-11-20(17-8-9-17)13-15-6-7-16(18)12-14(15)5-4-10-19/h6-7,12,17H,2-3,8-11,13,19H2,1H3. The first kappa shape index (κ1) is 15.0. The Kier molecular flexibility index (Phi) is 5.58. The van der Waals surface area contributed by atoms with Crippen LogP contribution in [0.25, 0.3) is 0 Å². The Labute approximate surface area is 121 Å². The number of hydrogen-bond donors (Lipinski definition) is 1. The van der Waals surface area contributed by atoms with Crippen LogP contribution >= 0.6 is 0 Å². The van der Waals surface area contributed by atoms with E-state index in [9.17, 15) is 4.39 Å². The van der Waals surface area contributed by atoms with Crippen LogP contribution in [-0.4, -0.2) is 24.0 Å². The third kappa shape index (κ3) is 4.33. The van der Waals surface area contributed by atoms with Gasteiger partial charge < -0.3 is 5.73 Å². The normalized spacial score (nSPS) is 14.2. The number of nitrogens with two attached hydrogens (primary N) is 1. The highest BCUT2D eigenvalue weighted by molar-refractivity contribution is 5.42. The van der Waals surface area contributed by atoms with Gasteiger partial charge in [0.2, 0.25) is 0 Å². The van der Waals surface area contributed by atoms with E-state index >= 15 is 0 Å². The molecule has 2 nitrogen and oxygen atoms in total. The molecule has 0 spiro atoms. The molecule has 20 heavy (non-hydrogen) atoms. The molecule has 108 valence electrons. The number of hydrogen-bond acceptors (Lipinski definition) is 2. The Hall–Kier alpha value is -1.37. The minimum absolute atomic E-state index is 0.235. The van der Waals surface area contributed by atoms with E-state index < -0.39 is 0 Å². The van der Waals surface area contributed by atoms with Crippen LogP contribution in [0.3, 0.4) is 0 Å². The minimum atomic E-state index is -0.235. The van der Waals surface area contributed by atoms with Crippen LogP contribution in [-0.2, 0) is 6.54 Å². The maximum Gasteiger partial charge on any atom is 0.124 e. The molecule has 0 heterocycles. The fraction of sp³-hybridized carbons (Fsp3) is 0.529. The summed E-state index contributed by atoms with van der Waals surface area (Å²) in [5, 5.41) is 0. The maximum absolute atomic E-state index is 13.4. The van der Waals surface area contributed by atoms with Crippen LogP contribution in [0.5, 0.6) is 0 Å². The topological polar surface area (TPSA) is 29.3 Å². The van der Waals surface area contributed by atoms with Gasteiger partial charge in [-0.3, -0.25) is 4.90 Å². The Morgan fingerprint density at radius 3 is 2.85 bits per heavy atom. The molecule has 2 N–H and O–H groups in total. The predicted molar refractivity (Wildman–Crippen MR) is 80.7 cm³/mol. The van der Waals surface area contributed by atoms with Gasteiger partial charge in [0.15, 0.2) is 0 Å². The second kappa shape index (κ2) is 7.42. The van der Waals surface area contributed by atoms with Crippen molar-refractivity contribution in [2.24, 2.45) is 5.73 Å². The Bertz CT molecular complexity index is 497. The van der Waals surface area contributed by atoms with Crippen molar-refractivity contribution in [1.29, 1.82) is 0 Å². The van der Waals surface area contributed by atoms with Crippen LogP contribution in [0.2, 0.25) is 0 Å². The fourth-order valence-electron chi connectivity index (χ4n) is 2.36. The molecule has 1 fully saturated rings.